The molecule has 2 aromatic carbocycles. The second-order valence-corrected chi connectivity index (χ2v) is 5.54. The molecule has 0 unspecified atom stereocenters. The smallest absolute Gasteiger partial charge is 0.277 e. The summed E-state index contributed by atoms with van der Waals surface area (Å²) in [6.07, 6.45) is 2.82. The number of carbonyl (C=O) groups excluding carboxylic acids is 1. The topological polar surface area (TPSA) is 50.7 Å². The van der Waals surface area contributed by atoms with Crippen molar-refractivity contribution in [2.24, 2.45) is 5.10 Å². The van der Waals surface area contributed by atoms with Crippen LogP contribution in [0.3, 0.4) is 0 Å². The number of benzene rings is 2. The molecule has 0 bridgehead atoms. The van der Waals surface area contributed by atoms with E-state index in [9.17, 15) is 4.79 Å². The molecule has 4 heteroatoms. The third-order valence-electron chi connectivity index (χ3n) is 3.98. The van der Waals surface area contributed by atoms with Gasteiger partial charge in [0.1, 0.15) is 5.75 Å². The fraction of sp³-hybridized carbons (Fsp3) is 0.263. The van der Waals surface area contributed by atoms with Crippen LogP contribution in [-0.4, -0.2) is 18.2 Å². The van der Waals surface area contributed by atoms with E-state index in [0.29, 0.717) is 5.75 Å². The zero-order valence-electron chi connectivity index (χ0n) is 13.2. The number of hydrogen-bond donors (Lipinski definition) is 1. The van der Waals surface area contributed by atoms with E-state index in [4.69, 9.17) is 4.74 Å². The second-order valence-electron chi connectivity index (χ2n) is 5.54. The Labute approximate surface area is 136 Å². The summed E-state index contributed by atoms with van der Waals surface area (Å²) in [5, 5.41) is 4.24. The minimum Gasteiger partial charge on any atom is -0.484 e. The molecule has 1 aliphatic rings. The van der Waals surface area contributed by atoms with Gasteiger partial charge in [-0.2, -0.15) is 5.10 Å². The SMILES string of the molecule is CCc1ccc(OCC(=O)NN=C2CCc3ccccc32)cc1. The molecule has 0 aliphatic heterocycles. The molecule has 0 heterocycles. The highest BCUT2D eigenvalue weighted by Gasteiger charge is 2.17. The van der Waals surface area contributed by atoms with Crippen LogP contribution in [0.2, 0.25) is 0 Å². The Balaban J connectivity index is 1.53. The molecular formula is C19H20N2O2. The van der Waals surface area contributed by atoms with E-state index in [0.717, 1.165) is 30.5 Å². The molecule has 0 radical (unpaired) electrons. The highest BCUT2D eigenvalue weighted by Crippen LogP contribution is 2.21. The van der Waals surface area contributed by atoms with E-state index in [2.05, 4.69) is 23.5 Å². The van der Waals surface area contributed by atoms with E-state index in [1.54, 1.807) is 0 Å². The van der Waals surface area contributed by atoms with Crippen LogP contribution < -0.4 is 10.2 Å². The summed E-state index contributed by atoms with van der Waals surface area (Å²) in [5.74, 6) is 0.442. The monoisotopic (exact) mass is 308 g/mol. The average Bonchev–Trinajstić information content (AvgIpc) is 3.02. The lowest BCUT2D eigenvalue weighted by Gasteiger charge is -2.06. The molecule has 0 aromatic heterocycles. The maximum absolute atomic E-state index is 11.9. The third kappa shape index (κ3) is 3.77. The molecule has 0 spiro atoms. The van der Waals surface area contributed by atoms with Gasteiger partial charge in [0.25, 0.3) is 5.91 Å². The minimum atomic E-state index is -0.249. The van der Waals surface area contributed by atoms with Crippen LogP contribution in [0.4, 0.5) is 0 Å². The molecule has 1 aliphatic carbocycles. The summed E-state index contributed by atoms with van der Waals surface area (Å²) in [5.41, 5.74) is 7.17. The maximum atomic E-state index is 11.9. The average molecular weight is 308 g/mol. The normalized spacial score (nSPS) is 14.6. The van der Waals surface area contributed by atoms with E-state index < -0.39 is 0 Å². The van der Waals surface area contributed by atoms with Crippen LogP contribution in [-0.2, 0) is 17.6 Å². The van der Waals surface area contributed by atoms with Crippen molar-refractivity contribution in [2.45, 2.75) is 26.2 Å². The number of nitrogens with one attached hydrogen (secondary N) is 1. The van der Waals surface area contributed by atoms with E-state index in [-0.39, 0.29) is 12.5 Å². The van der Waals surface area contributed by atoms with Crippen molar-refractivity contribution in [3.63, 3.8) is 0 Å². The molecule has 0 saturated heterocycles. The van der Waals surface area contributed by atoms with Gasteiger partial charge < -0.3 is 4.74 Å². The first-order chi connectivity index (χ1) is 11.3. The second kappa shape index (κ2) is 7.09. The van der Waals surface area contributed by atoms with Crippen molar-refractivity contribution in [2.75, 3.05) is 6.61 Å². The van der Waals surface area contributed by atoms with Crippen LogP contribution in [0, 0.1) is 0 Å². The van der Waals surface area contributed by atoms with Crippen LogP contribution in [0.5, 0.6) is 5.75 Å². The number of carbonyl (C=O) groups is 1. The van der Waals surface area contributed by atoms with E-state index >= 15 is 0 Å². The van der Waals surface area contributed by atoms with Crippen molar-refractivity contribution in [3.05, 3.63) is 65.2 Å². The number of fused-ring (bicyclic) bond motifs is 1. The van der Waals surface area contributed by atoms with Crippen molar-refractivity contribution < 1.29 is 9.53 Å². The number of aryl methyl sites for hydroxylation is 2. The minimum absolute atomic E-state index is 0.0378. The Morgan fingerprint density at radius 3 is 2.70 bits per heavy atom. The Hall–Kier alpha value is -2.62. The van der Waals surface area contributed by atoms with E-state index in [1.165, 1.54) is 11.1 Å². The fourth-order valence-electron chi connectivity index (χ4n) is 2.66. The van der Waals surface area contributed by atoms with Gasteiger partial charge in [0, 0.05) is 5.56 Å². The van der Waals surface area contributed by atoms with Crippen molar-refractivity contribution in [1.82, 2.24) is 5.43 Å². The first-order valence-electron chi connectivity index (χ1n) is 7.91. The lowest BCUT2D eigenvalue weighted by atomic mass is 10.1. The van der Waals surface area contributed by atoms with Crippen LogP contribution >= 0.6 is 0 Å². The zero-order chi connectivity index (χ0) is 16.1. The third-order valence-corrected chi connectivity index (χ3v) is 3.98. The van der Waals surface area contributed by atoms with Gasteiger partial charge in [-0.15, -0.1) is 0 Å². The molecule has 0 saturated carbocycles. The van der Waals surface area contributed by atoms with Crippen molar-refractivity contribution >= 4 is 11.6 Å². The molecule has 0 atom stereocenters. The molecule has 2 aromatic rings. The number of hydrazone groups is 1. The maximum Gasteiger partial charge on any atom is 0.277 e. The summed E-state index contributed by atoms with van der Waals surface area (Å²) < 4.78 is 5.47. The quantitative estimate of drug-likeness (QED) is 0.863. The molecule has 4 nitrogen and oxygen atoms in total. The molecule has 1 N–H and O–H groups in total. The molecular weight excluding hydrogens is 288 g/mol. The van der Waals surface area contributed by atoms with Gasteiger partial charge in [0.2, 0.25) is 0 Å². The van der Waals surface area contributed by atoms with Crippen LogP contribution in [0.1, 0.15) is 30.0 Å². The first-order valence-corrected chi connectivity index (χ1v) is 7.91. The predicted molar refractivity (Wildman–Crippen MR) is 90.8 cm³/mol. The van der Waals surface area contributed by atoms with E-state index in [1.807, 2.05) is 42.5 Å². The number of hydrogen-bond acceptors (Lipinski definition) is 3. The first kappa shape index (κ1) is 15.3. The summed E-state index contributed by atoms with van der Waals surface area (Å²) >= 11 is 0. The largest absolute Gasteiger partial charge is 0.484 e. The number of ether oxygens (including phenoxy) is 1. The van der Waals surface area contributed by atoms with Gasteiger partial charge in [-0.3, -0.25) is 4.79 Å². The summed E-state index contributed by atoms with van der Waals surface area (Å²) in [6.45, 7) is 2.06. The molecule has 118 valence electrons. The highest BCUT2D eigenvalue weighted by atomic mass is 16.5. The van der Waals surface area contributed by atoms with Gasteiger partial charge in [-0.1, -0.05) is 43.3 Å². The van der Waals surface area contributed by atoms with Crippen LogP contribution in [0.15, 0.2) is 53.6 Å². The van der Waals surface area contributed by atoms with Crippen LogP contribution in [0.25, 0.3) is 0 Å². The molecule has 0 fully saturated rings. The van der Waals surface area contributed by atoms with Crippen molar-refractivity contribution in [3.8, 4) is 5.75 Å². The molecule has 3 rings (SSSR count). The zero-order valence-corrected chi connectivity index (χ0v) is 13.2. The number of rotatable bonds is 5. The Morgan fingerprint density at radius 2 is 1.91 bits per heavy atom. The van der Waals surface area contributed by atoms with Gasteiger partial charge >= 0.3 is 0 Å². The number of nitrogens with zero attached hydrogens (tertiary/aromatic N) is 1. The van der Waals surface area contributed by atoms with Crippen molar-refractivity contribution in [1.29, 1.82) is 0 Å². The number of amides is 1. The summed E-state index contributed by atoms with van der Waals surface area (Å²) in [7, 11) is 0. The molecule has 23 heavy (non-hydrogen) atoms. The van der Waals surface area contributed by atoms with Gasteiger partial charge in [0.15, 0.2) is 6.61 Å². The van der Waals surface area contributed by atoms with Gasteiger partial charge in [-0.25, -0.2) is 5.43 Å². The Morgan fingerprint density at radius 1 is 1.13 bits per heavy atom. The fourth-order valence-corrected chi connectivity index (χ4v) is 2.66. The lowest BCUT2D eigenvalue weighted by Crippen LogP contribution is -2.25. The Kier molecular flexibility index (Phi) is 4.71. The van der Waals surface area contributed by atoms with Gasteiger partial charge in [0.05, 0.1) is 5.71 Å². The lowest BCUT2D eigenvalue weighted by molar-refractivity contribution is -0.123. The Bertz CT molecular complexity index is 720. The summed E-state index contributed by atoms with van der Waals surface area (Å²) in [4.78, 5) is 11.9. The summed E-state index contributed by atoms with van der Waals surface area (Å²) in [6, 6.07) is 15.9. The highest BCUT2D eigenvalue weighted by molar-refractivity contribution is 6.04. The predicted octanol–water partition coefficient (Wildman–Crippen LogP) is 3.09. The molecule has 1 amide bonds. The van der Waals surface area contributed by atoms with Gasteiger partial charge in [-0.05, 0) is 42.5 Å². The standard InChI is InChI=1S/C19H20N2O2/c1-2-14-7-10-16(11-8-14)23-13-19(22)21-20-18-12-9-15-5-3-4-6-17(15)18/h3-8,10-11H,2,9,12-13H2,1H3,(H,21,22).